The fourth-order valence-corrected chi connectivity index (χ4v) is 14.0. The number of carbonyl (C=O) groups excluding carboxylic acids is 1. The molecular formula is C46H70O18. The van der Waals surface area contributed by atoms with E-state index in [9.17, 15) is 45.6 Å². The van der Waals surface area contributed by atoms with E-state index >= 15 is 0 Å². The van der Waals surface area contributed by atoms with Gasteiger partial charge in [-0.15, -0.1) is 0 Å². The fourth-order valence-electron chi connectivity index (χ4n) is 14.0. The monoisotopic (exact) mass is 910 g/mol. The van der Waals surface area contributed by atoms with Crippen molar-refractivity contribution in [2.24, 2.45) is 40.4 Å². The number of aliphatic hydroxyl groups excluding tert-OH is 8. The second kappa shape index (κ2) is 17.7. The molecule has 0 aromatic heterocycles. The van der Waals surface area contributed by atoms with E-state index in [1.807, 2.05) is 0 Å². The first-order chi connectivity index (χ1) is 30.3. The lowest BCUT2D eigenvalue weighted by molar-refractivity contribution is -0.381. The van der Waals surface area contributed by atoms with Crippen molar-refractivity contribution in [3.8, 4) is 0 Å². The molecule has 0 radical (unpaired) electrons. The van der Waals surface area contributed by atoms with E-state index in [0.717, 1.165) is 49.7 Å². The van der Waals surface area contributed by atoms with Crippen molar-refractivity contribution in [3.63, 3.8) is 0 Å². The molecule has 5 saturated heterocycles. The number of rotatable bonds is 8. The molecular weight excluding hydrogens is 840 g/mol. The molecule has 9 aliphatic rings. The van der Waals surface area contributed by atoms with Crippen LogP contribution in [-0.2, 0) is 47.4 Å². The van der Waals surface area contributed by atoms with Crippen molar-refractivity contribution in [3.05, 3.63) is 23.8 Å². The van der Waals surface area contributed by atoms with Crippen molar-refractivity contribution in [2.75, 3.05) is 19.8 Å². The van der Waals surface area contributed by atoms with Gasteiger partial charge in [-0.25, -0.2) is 0 Å². The van der Waals surface area contributed by atoms with Crippen LogP contribution in [0.25, 0.3) is 0 Å². The highest BCUT2D eigenvalue weighted by atomic mass is 16.8. The van der Waals surface area contributed by atoms with Crippen LogP contribution in [0.15, 0.2) is 23.8 Å². The summed E-state index contributed by atoms with van der Waals surface area (Å²) in [5.41, 5.74) is 1.72. The molecule has 4 aliphatic carbocycles. The Bertz CT molecular complexity index is 1750. The molecule has 0 bridgehead atoms. The van der Waals surface area contributed by atoms with Crippen LogP contribution in [0.5, 0.6) is 0 Å². The lowest BCUT2D eigenvalue weighted by Gasteiger charge is -2.60. The third kappa shape index (κ3) is 7.76. The summed E-state index contributed by atoms with van der Waals surface area (Å²) in [6.45, 7) is 13.4. The number of esters is 1. The zero-order valence-electron chi connectivity index (χ0n) is 37.4. The van der Waals surface area contributed by atoms with Crippen molar-refractivity contribution in [1.29, 1.82) is 0 Å². The number of fused-ring (bicyclic) bond motifs is 7. The molecule has 9 rings (SSSR count). The van der Waals surface area contributed by atoms with Gasteiger partial charge in [0.1, 0.15) is 54.9 Å². The predicted molar refractivity (Wildman–Crippen MR) is 219 cm³/mol. The van der Waals surface area contributed by atoms with E-state index in [-0.39, 0.29) is 36.4 Å². The first-order valence-electron chi connectivity index (χ1n) is 23.4. The minimum atomic E-state index is -1.83. The van der Waals surface area contributed by atoms with Crippen molar-refractivity contribution < 1.29 is 88.3 Å². The average molecular weight is 911 g/mol. The van der Waals surface area contributed by atoms with E-state index in [1.165, 1.54) is 13.8 Å². The zero-order valence-corrected chi connectivity index (χ0v) is 37.4. The van der Waals surface area contributed by atoms with Gasteiger partial charge in [-0.05, 0) is 74.5 Å². The summed E-state index contributed by atoms with van der Waals surface area (Å²) in [5, 5.41) is 87.1. The van der Waals surface area contributed by atoms with Crippen LogP contribution in [0.1, 0.15) is 86.0 Å². The van der Waals surface area contributed by atoms with E-state index in [1.54, 1.807) is 0 Å². The van der Waals surface area contributed by atoms with Gasteiger partial charge in [0.25, 0.3) is 0 Å². The number of aliphatic hydroxyl groups is 8. The number of carbonyl (C=O) groups is 1. The highest BCUT2D eigenvalue weighted by molar-refractivity contribution is 5.66. The zero-order chi connectivity index (χ0) is 45.8. The van der Waals surface area contributed by atoms with Crippen LogP contribution in [0.3, 0.4) is 0 Å². The molecule has 25 atom stereocenters. The second-order valence-electron chi connectivity index (χ2n) is 20.9. The normalized spacial score (nSPS) is 55.0. The Morgan fingerprint density at radius 2 is 1.59 bits per heavy atom. The Balaban J connectivity index is 0.956. The summed E-state index contributed by atoms with van der Waals surface area (Å²) in [7, 11) is 0. The van der Waals surface area contributed by atoms with Crippen LogP contribution in [0.2, 0.25) is 0 Å². The molecule has 1 spiro atoms. The van der Waals surface area contributed by atoms with Gasteiger partial charge < -0.3 is 83.5 Å². The molecule has 25 unspecified atom stereocenters. The number of hydrogen-bond donors (Lipinski definition) is 8. The molecule has 5 aliphatic heterocycles. The summed E-state index contributed by atoms with van der Waals surface area (Å²) < 4.78 is 55.7. The predicted octanol–water partition coefficient (Wildman–Crippen LogP) is 0.315. The van der Waals surface area contributed by atoms with Crippen molar-refractivity contribution in [2.45, 2.75) is 196 Å². The van der Waals surface area contributed by atoms with Gasteiger partial charge in [-0.2, -0.15) is 0 Å². The third-order valence-corrected chi connectivity index (χ3v) is 17.4. The standard InChI is InChI=1S/C46H70O18/c1-19-9-12-46(57-17-19)20(2)32-28(64-46)15-27-25-8-7-23-13-24(49)14-31(45(23,6)26(25)10-11-44(27,32)5)61-43-40(35(52)30(18-56-43)59-22(4)48)63-42-38(55)39(33(50)21(3)58-42)62-41-37(54)36(53)34(51)29(16-47)60-41/h7,20-21,24-43,47,49-55H,1,8-18H2,2-6H3. The molecule has 8 N–H and O–H groups in total. The van der Waals surface area contributed by atoms with Crippen LogP contribution >= 0.6 is 0 Å². The molecule has 0 aromatic rings. The Hall–Kier alpha value is -1.69. The minimum Gasteiger partial charge on any atom is -0.457 e. The topological polar surface area (TPSA) is 262 Å². The molecule has 18 nitrogen and oxygen atoms in total. The fraction of sp³-hybridized carbons (Fsp3) is 0.891. The third-order valence-electron chi connectivity index (χ3n) is 17.4. The quantitative estimate of drug-likeness (QED) is 0.120. The van der Waals surface area contributed by atoms with Crippen molar-refractivity contribution >= 4 is 5.97 Å². The van der Waals surface area contributed by atoms with Gasteiger partial charge >= 0.3 is 5.97 Å². The largest absolute Gasteiger partial charge is 0.457 e. The van der Waals surface area contributed by atoms with Crippen LogP contribution < -0.4 is 0 Å². The molecule has 5 heterocycles. The summed E-state index contributed by atoms with van der Waals surface area (Å²) >= 11 is 0. The Morgan fingerprint density at radius 3 is 2.30 bits per heavy atom. The maximum absolute atomic E-state index is 12.2. The molecule has 8 fully saturated rings. The maximum Gasteiger partial charge on any atom is 0.303 e. The summed E-state index contributed by atoms with van der Waals surface area (Å²) in [6, 6.07) is 0. The maximum atomic E-state index is 12.2. The van der Waals surface area contributed by atoms with Gasteiger partial charge in [0, 0.05) is 31.1 Å². The lowest BCUT2D eigenvalue weighted by atomic mass is 9.46. The first kappa shape index (κ1) is 47.4. The molecule has 64 heavy (non-hydrogen) atoms. The molecule has 0 aromatic carbocycles. The Kier molecular flexibility index (Phi) is 13.1. The minimum absolute atomic E-state index is 0.0377. The van der Waals surface area contributed by atoms with Gasteiger partial charge in [0.2, 0.25) is 0 Å². The van der Waals surface area contributed by atoms with E-state index in [2.05, 4.69) is 33.4 Å². The van der Waals surface area contributed by atoms with E-state index in [4.69, 9.17) is 42.6 Å². The van der Waals surface area contributed by atoms with Crippen LogP contribution in [0.4, 0.5) is 0 Å². The second-order valence-corrected chi connectivity index (χ2v) is 20.9. The number of allylic oxidation sites excluding steroid dienone is 1. The van der Waals surface area contributed by atoms with Gasteiger partial charge in [-0.1, -0.05) is 44.6 Å². The SMILES string of the molecule is C=C1CCC2(OC1)OC1CC3C4CC=C5CC(O)CC(OC6OCC(OC(C)=O)C(O)C6OC6OC(C)C(O)C(OC7OC(CO)C(O)C(O)C7O)C6O)C5(C)C4CCC3(C)C1C2C. The van der Waals surface area contributed by atoms with Crippen LogP contribution in [0, 0.1) is 40.4 Å². The summed E-state index contributed by atoms with van der Waals surface area (Å²) in [5.74, 6) is 0.227. The first-order valence-corrected chi connectivity index (χ1v) is 23.4. The molecule has 0 amide bonds. The molecule has 3 saturated carbocycles. The average Bonchev–Trinajstić information content (AvgIpc) is 3.70. The molecule has 362 valence electrons. The highest BCUT2D eigenvalue weighted by Gasteiger charge is 2.69. The number of hydrogen-bond acceptors (Lipinski definition) is 18. The van der Waals surface area contributed by atoms with Crippen LogP contribution in [-0.4, -0.2) is 177 Å². The molecule has 18 heteroatoms. The number of ether oxygens (including phenoxy) is 9. The smallest absolute Gasteiger partial charge is 0.303 e. The Morgan fingerprint density at radius 1 is 0.859 bits per heavy atom. The Labute approximate surface area is 373 Å². The highest BCUT2D eigenvalue weighted by Crippen LogP contribution is 2.71. The van der Waals surface area contributed by atoms with E-state index < -0.39 is 122 Å². The van der Waals surface area contributed by atoms with Crippen molar-refractivity contribution in [1.82, 2.24) is 0 Å². The van der Waals surface area contributed by atoms with Gasteiger partial charge in [-0.3, -0.25) is 4.79 Å². The summed E-state index contributed by atoms with van der Waals surface area (Å²) in [4.78, 5) is 12.2. The summed E-state index contributed by atoms with van der Waals surface area (Å²) in [6.07, 6.45) is -14.2. The lowest BCUT2D eigenvalue weighted by Crippen LogP contribution is -2.66. The van der Waals surface area contributed by atoms with Gasteiger partial charge in [0.05, 0.1) is 44.2 Å². The van der Waals surface area contributed by atoms with E-state index in [0.29, 0.717) is 30.8 Å². The van der Waals surface area contributed by atoms with Gasteiger partial charge in [0.15, 0.2) is 30.8 Å².